The van der Waals surface area contributed by atoms with Crippen LogP contribution in [0.15, 0.2) is 42.5 Å². The number of anilines is 2. The van der Waals surface area contributed by atoms with Crippen molar-refractivity contribution in [2.45, 2.75) is 26.2 Å². The maximum absolute atomic E-state index is 12.7. The molecular formula is C22H26N2O4. The van der Waals surface area contributed by atoms with Gasteiger partial charge in [-0.1, -0.05) is 32.0 Å². The summed E-state index contributed by atoms with van der Waals surface area (Å²) in [6, 6.07) is 13.1. The van der Waals surface area contributed by atoms with Crippen LogP contribution in [0.5, 0.6) is 11.5 Å². The number of amides is 2. The van der Waals surface area contributed by atoms with Crippen molar-refractivity contribution in [3.8, 4) is 11.5 Å². The Kier molecular flexibility index (Phi) is 5.87. The standard InChI is InChI=1S/C22H26N2O4/c1-14(2)17-7-5-6-8-18(17)24-13-15(11-21(24)25)22(26)23-16-9-10-19(27-3)20(12-16)28-4/h5-10,12,14-15H,11,13H2,1-4H3,(H,23,26). The van der Waals surface area contributed by atoms with Gasteiger partial charge in [0.15, 0.2) is 11.5 Å². The summed E-state index contributed by atoms with van der Waals surface area (Å²) in [6.45, 7) is 4.57. The van der Waals surface area contributed by atoms with Gasteiger partial charge >= 0.3 is 0 Å². The quantitative estimate of drug-likeness (QED) is 0.825. The van der Waals surface area contributed by atoms with Gasteiger partial charge in [0.05, 0.1) is 20.1 Å². The minimum atomic E-state index is -0.402. The van der Waals surface area contributed by atoms with Gasteiger partial charge in [-0.05, 0) is 29.7 Å². The maximum atomic E-state index is 12.7. The Morgan fingerprint density at radius 2 is 1.82 bits per heavy atom. The van der Waals surface area contributed by atoms with Crippen LogP contribution in [0.3, 0.4) is 0 Å². The first-order valence-electron chi connectivity index (χ1n) is 9.36. The van der Waals surface area contributed by atoms with E-state index in [1.807, 2.05) is 24.3 Å². The third kappa shape index (κ3) is 3.96. The molecule has 1 aliphatic rings. The zero-order valence-electron chi connectivity index (χ0n) is 16.7. The van der Waals surface area contributed by atoms with E-state index in [-0.39, 0.29) is 18.2 Å². The Morgan fingerprint density at radius 1 is 1.11 bits per heavy atom. The van der Waals surface area contributed by atoms with Crippen molar-refractivity contribution in [3.05, 3.63) is 48.0 Å². The van der Waals surface area contributed by atoms with E-state index in [1.54, 1.807) is 37.3 Å². The van der Waals surface area contributed by atoms with Crippen molar-refractivity contribution < 1.29 is 19.1 Å². The van der Waals surface area contributed by atoms with Gasteiger partial charge in [0.2, 0.25) is 11.8 Å². The van der Waals surface area contributed by atoms with Crippen LogP contribution in [0.25, 0.3) is 0 Å². The molecule has 6 heteroatoms. The summed E-state index contributed by atoms with van der Waals surface area (Å²) in [6.07, 6.45) is 0.200. The van der Waals surface area contributed by atoms with Gasteiger partial charge in [-0.3, -0.25) is 9.59 Å². The van der Waals surface area contributed by atoms with Gasteiger partial charge in [0.1, 0.15) is 0 Å². The number of hydrogen-bond donors (Lipinski definition) is 1. The molecule has 6 nitrogen and oxygen atoms in total. The van der Waals surface area contributed by atoms with Gasteiger partial charge in [-0.25, -0.2) is 0 Å². The van der Waals surface area contributed by atoms with E-state index in [1.165, 1.54) is 0 Å². The summed E-state index contributed by atoms with van der Waals surface area (Å²) in [5, 5.41) is 2.89. The van der Waals surface area contributed by atoms with Crippen LogP contribution in [0.2, 0.25) is 0 Å². The molecule has 2 aromatic rings. The second kappa shape index (κ2) is 8.33. The molecule has 1 aliphatic heterocycles. The van der Waals surface area contributed by atoms with E-state index >= 15 is 0 Å². The SMILES string of the molecule is COc1ccc(NC(=O)C2CC(=O)N(c3ccccc3C(C)C)C2)cc1OC. The number of ether oxygens (including phenoxy) is 2. The normalized spacial score (nSPS) is 16.4. The van der Waals surface area contributed by atoms with E-state index in [9.17, 15) is 9.59 Å². The van der Waals surface area contributed by atoms with Gasteiger partial charge in [-0.15, -0.1) is 0 Å². The summed E-state index contributed by atoms with van der Waals surface area (Å²) in [4.78, 5) is 27.1. The molecule has 0 aliphatic carbocycles. The molecule has 0 bridgehead atoms. The Hall–Kier alpha value is -3.02. The van der Waals surface area contributed by atoms with Crippen molar-refractivity contribution in [1.29, 1.82) is 0 Å². The van der Waals surface area contributed by atoms with Crippen LogP contribution in [-0.4, -0.2) is 32.6 Å². The molecule has 0 aromatic heterocycles. The molecule has 3 rings (SSSR count). The van der Waals surface area contributed by atoms with E-state index in [0.29, 0.717) is 29.6 Å². The molecule has 2 amide bonds. The molecule has 1 N–H and O–H groups in total. The van der Waals surface area contributed by atoms with Gasteiger partial charge < -0.3 is 19.7 Å². The average molecular weight is 382 g/mol. The van der Waals surface area contributed by atoms with Crippen LogP contribution in [0, 0.1) is 5.92 Å². The average Bonchev–Trinajstić information content (AvgIpc) is 3.09. The van der Waals surface area contributed by atoms with Gasteiger partial charge in [0.25, 0.3) is 0 Å². The lowest BCUT2D eigenvalue weighted by molar-refractivity contribution is -0.122. The summed E-state index contributed by atoms with van der Waals surface area (Å²) in [5.74, 6) is 0.818. The van der Waals surface area contributed by atoms with Crippen LogP contribution in [0.1, 0.15) is 31.7 Å². The molecule has 1 heterocycles. The fourth-order valence-corrected chi connectivity index (χ4v) is 3.50. The summed E-state index contributed by atoms with van der Waals surface area (Å²) in [7, 11) is 3.10. The first-order valence-corrected chi connectivity index (χ1v) is 9.36. The van der Waals surface area contributed by atoms with Gasteiger partial charge in [0, 0.05) is 30.4 Å². The monoisotopic (exact) mass is 382 g/mol. The van der Waals surface area contributed by atoms with Gasteiger partial charge in [-0.2, -0.15) is 0 Å². The lowest BCUT2D eigenvalue weighted by Gasteiger charge is -2.22. The third-order valence-electron chi connectivity index (χ3n) is 5.00. The Bertz CT molecular complexity index is 879. The highest BCUT2D eigenvalue weighted by atomic mass is 16.5. The van der Waals surface area contributed by atoms with Crippen LogP contribution in [0.4, 0.5) is 11.4 Å². The van der Waals surface area contributed by atoms with E-state index in [0.717, 1.165) is 11.3 Å². The molecule has 28 heavy (non-hydrogen) atoms. The third-order valence-corrected chi connectivity index (χ3v) is 5.00. The number of nitrogens with zero attached hydrogens (tertiary/aromatic N) is 1. The van der Waals surface area contributed by atoms with E-state index in [2.05, 4.69) is 19.2 Å². The van der Waals surface area contributed by atoms with E-state index < -0.39 is 5.92 Å². The first kappa shape index (κ1) is 19.7. The number of carbonyl (C=O) groups excluding carboxylic acids is 2. The number of para-hydroxylation sites is 1. The highest BCUT2D eigenvalue weighted by molar-refractivity contribution is 6.04. The predicted octanol–water partition coefficient (Wildman–Crippen LogP) is 3.82. The topological polar surface area (TPSA) is 67.9 Å². The number of nitrogens with one attached hydrogen (secondary N) is 1. The van der Waals surface area contributed by atoms with Crippen molar-refractivity contribution in [2.75, 3.05) is 31.0 Å². The molecule has 0 spiro atoms. The van der Waals surface area contributed by atoms with Crippen molar-refractivity contribution in [1.82, 2.24) is 0 Å². The Labute approximate surface area is 165 Å². The van der Waals surface area contributed by atoms with Crippen LogP contribution >= 0.6 is 0 Å². The number of carbonyl (C=O) groups is 2. The highest BCUT2D eigenvalue weighted by Crippen LogP contribution is 2.33. The number of methoxy groups -OCH3 is 2. The van der Waals surface area contributed by atoms with Crippen molar-refractivity contribution >= 4 is 23.2 Å². The maximum Gasteiger partial charge on any atom is 0.229 e. The van der Waals surface area contributed by atoms with E-state index in [4.69, 9.17) is 9.47 Å². The highest BCUT2D eigenvalue weighted by Gasteiger charge is 2.36. The first-order chi connectivity index (χ1) is 13.4. The van der Waals surface area contributed by atoms with Crippen LogP contribution in [-0.2, 0) is 9.59 Å². The molecule has 1 saturated heterocycles. The fraction of sp³-hybridized carbons (Fsp3) is 0.364. The summed E-state index contributed by atoms with van der Waals surface area (Å²) >= 11 is 0. The number of benzene rings is 2. The smallest absolute Gasteiger partial charge is 0.229 e. The zero-order valence-corrected chi connectivity index (χ0v) is 16.7. The Morgan fingerprint density at radius 3 is 2.50 bits per heavy atom. The second-order valence-corrected chi connectivity index (χ2v) is 7.18. The lowest BCUT2D eigenvalue weighted by atomic mass is 10.0. The minimum absolute atomic E-state index is 0.0273. The van der Waals surface area contributed by atoms with Crippen LogP contribution < -0.4 is 19.7 Å². The van der Waals surface area contributed by atoms with Crippen molar-refractivity contribution in [2.24, 2.45) is 5.92 Å². The number of rotatable bonds is 6. The number of hydrogen-bond acceptors (Lipinski definition) is 4. The molecule has 0 radical (unpaired) electrons. The molecule has 2 aromatic carbocycles. The lowest BCUT2D eigenvalue weighted by Crippen LogP contribution is -2.29. The summed E-state index contributed by atoms with van der Waals surface area (Å²) in [5.41, 5.74) is 2.61. The van der Waals surface area contributed by atoms with Crippen molar-refractivity contribution in [3.63, 3.8) is 0 Å². The second-order valence-electron chi connectivity index (χ2n) is 7.18. The summed E-state index contributed by atoms with van der Waals surface area (Å²) < 4.78 is 10.5. The molecule has 148 valence electrons. The largest absolute Gasteiger partial charge is 0.493 e. The Balaban J connectivity index is 1.74. The fourth-order valence-electron chi connectivity index (χ4n) is 3.50. The predicted molar refractivity (Wildman–Crippen MR) is 109 cm³/mol. The molecule has 1 atom stereocenters. The molecule has 0 saturated carbocycles. The minimum Gasteiger partial charge on any atom is -0.493 e. The zero-order chi connectivity index (χ0) is 20.3. The molecule has 1 unspecified atom stereocenters. The molecular weight excluding hydrogens is 356 g/mol. The molecule has 1 fully saturated rings.